The Bertz CT molecular complexity index is 647. The lowest BCUT2D eigenvalue weighted by molar-refractivity contribution is 0.0918. The summed E-state index contributed by atoms with van der Waals surface area (Å²) in [5.74, 6) is -0.0757. The molecule has 0 saturated heterocycles. The van der Waals surface area contributed by atoms with E-state index in [2.05, 4.69) is 0 Å². The molecule has 4 nitrogen and oxygen atoms in total. The second-order valence-corrected chi connectivity index (χ2v) is 4.66. The molecule has 104 valence electrons. The van der Waals surface area contributed by atoms with Crippen LogP contribution in [-0.2, 0) is 0 Å². The van der Waals surface area contributed by atoms with Crippen molar-refractivity contribution in [2.45, 2.75) is 13.8 Å². The van der Waals surface area contributed by atoms with E-state index in [4.69, 9.17) is 4.74 Å². The van der Waals surface area contributed by atoms with E-state index in [1.54, 1.807) is 6.07 Å². The van der Waals surface area contributed by atoms with Gasteiger partial charge in [0.15, 0.2) is 6.61 Å². The summed E-state index contributed by atoms with van der Waals surface area (Å²) in [5, 5.41) is 18.8. The number of carbonyl (C=O) groups excluding carboxylic acids is 1. The zero-order chi connectivity index (χ0) is 14.7. The molecule has 0 aliphatic heterocycles. The van der Waals surface area contributed by atoms with Crippen LogP contribution in [0, 0.1) is 13.8 Å². The molecule has 2 aromatic carbocycles. The Balaban J connectivity index is 2.06. The first-order valence-corrected chi connectivity index (χ1v) is 6.22. The van der Waals surface area contributed by atoms with E-state index in [9.17, 15) is 15.0 Å². The summed E-state index contributed by atoms with van der Waals surface area (Å²) in [7, 11) is 0. The molecule has 0 heterocycles. The molecular weight excluding hydrogens is 256 g/mol. The van der Waals surface area contributed by atoms with Gasteiger partial charge in [-0.05, 0) is 49.2 Å². The van der Waals surface area contributed by atoms with Gasteiger partial charge in [-0.15, -0.1) is 0 Å². The highest BCUT2D eigenvalue weighted by Crippen LogP contribution is 2.23. The smallest absolute Gasteiger partial charge is 0.203 e. The number of hydrogen-bond acceptors (Lipinski definition) is 4. The number of hydrogen-bond donors (Lipinski definition) is 2. The van der Waals surface area contributed by atoms with Crippen molar-refractivity contribution >= 4 is 5.78 Å². The molecule has 0 spiro atoms. The first-order valence-electron chi connectivity index (χ1n) is 6.22. The van der Waals surface area contributed by atoms with Crippen LogP contribution in [0.4, 0.5) is 0 Å². The fourth-order valence-electron chi connectivity index (χ4n) is 1.79. The Labute approximate surface area is 117 Å². The van der Waals surface area contributed by atoms with Gasteiger partial charge in [-0.1, -0.05) is 6.07 Å². The molecular formula is C16H16O4. The number of carbonyl (C=O) groups is 1. The van der Waals surface area contributed by atoms with E-state index >= 15 is 0 Å². The van der Waals surface area contributed by atoms with Crippen molar-refractivity contribution in [3.63, 3.8) is 0 Å². The lowest BCUT2D eigenvalue weighted by atomic mass is 10.1. The monoisotopic (exact) mass is 272 g/mol. The van der Waals surface area contributed by atoms with Crippen LogP contribution in [0.2, 0.25) is 0 Å². The average molecular weight is 272 g/mol. The number of rotatable bonds is 4. The zero-order valence-corrected chi connectivity index (χ0v) is 11.4. The molecule has 0 atom stereocenters. The number of ether oxygens (including phenoxy) is 1. The quantitative estimate of drug-likeness (QED) is 0.840. The number of Topliss-reactive ketones (excluding diaryl/α,β-unsaturated/α-hetero) is 1. The molecule has 2 N–H and O–H groups in total. The standard InChI is InChI=1S/C16H16O4/c1-10-3-5-13(7-11(10)2)20-9-16(19)14-6-4-12(17)8-15(14)18/h3-8,17-18H,9H2,1-2H3. The van der Waals surface area contributed by atoms with Gasteiger partial charge in [0, 0.05) is 6.07 Å². The number of benzene rings is 2. The number of aryl methyl sites for hydroxylation is 2. The lowest BCUT2D eigenvalue weighted by Crippen LogP contribution is -2.11. The van der Waals surface area contributed by atoms with E-state index < -0.39 is 0 Å². The highest BCUT2D eigenvalue weighted by atomic mass is 16.5. The fourth-order valence-corrected chi connectivity index (χ4v) is 1.79. The van der Waals surface area contributed by atoms with Gasteiger partial charge in [0.25, 0.3) is 0 Å². The molecule has 20 heavy (non-hydrogen) atoms. The van der Waals surface area contributed by atoms with Crippen molar-refractivity contribution in [1.82, 2.24) is 0 Å². The maximum atomic E-state index is 11.9. The van der Waals surface area contributed by atoms with Crippen molar-refractivity contribution in [2.75, 3.05) is 6.61 Å². The number of aromatic hydroxyl groups is 2. The largest absolute Gasteiger partial charge is 0.508 e. The zero-order valence-electron chi connectivity index (χ0n) is 11.4. The van der Waals surface area contributed by atoms with Crippen LogP contribution in [0.15, 0.2) is 36.4 Å². The van der Waals surface area contributed by atoms with E-state index in [1.807, 2.05) is 26.0 Å². The second kappa shape index (κ2) is 5.65. The summed E-state index contributed by atoms with van der Waals surface area (Å²) < 4.78 is 5.42. The van der Waals surface area contributed by atoms with Gasteiger partial charge in [0.2, 0.25) is 5.78 Å². The summed E-state index contributed by atoms with van der Waals surface area (Å²) in [6, 6.07) is 9.43. The minimum absolute atomic E-state index is 0.0888. The molecule has 0 saturated carbocycles. The second-order valence-electron chi connectivity index (χ2n) is 4.66. The predicted molar refractivity (Wildman–Crippen MR) is 75.5 cm³/mol. The number of phenolic OH excluding ortho intramolecular Hbond substituents is 2. The first-order chi connectivity index (χ1) is 9.47. The van der Waals surface area contributed by atoms with Gasteiger partial charge in [-0.3, -0.25) is 4.79 Å². The van der Waals surface area contributed by atoms with Crippen LogP contribution < -0.4 is 4.74 Å². The van der Waals surface area contributed by atoms with Crippen molar-refractivity contribution in [3.8, 4) is 17.2 Å². The van der Waals surface area contributed by atoms with Crippen LogP contribution in [0.1, 0.15) is 21.5 Å². The topological polar surface area (TPSA) is 66.8 Å². The Morgan fingerprint density at radius 1 is 1.05 bits per heavy atom. The summed E-state index contributed by atoms with van der Waals surface area (Å²) in [5.41, 5.74) is 2.37. The Hall–Kier alpha value is -2.49. The molecule has 0 fully saturated rings. The number of ketones is 1. The Morgan fingerprint density at radius 3 is 2.45 bits per heavy atom. The van der Waals surface area contributed by atoms with Gasteiger partial charge in [-0.25, -0.2) is 0 Å². The third-order valence-corrected chi connectivity index (χ3v) is 3.13. The van der Waals surface area contributed by atoms with Gasteiger partial charge in [0.1, 0.15) is 17.2 Å². The third-order valence-electron chi connectivity index (χ3n) is 3.13. The highest BCUT2D eigenvalue weighted by Gasteiger charge is 2.12. The van der Waals surface area contributed by atoms with Crippen molar-refractivity contribution in [2.24, 2.45) is 0 Å². The summed E-state index contributed by atoms with van der Waals surface area (Å²) >= 11 is 0. The van der Waals surface area contributed by atoms with Gasteiger partial charge < -0.3 is 14.9 Å². The molecule has 4 heteroatoms. The Morgan fingerprint density at radius 2 is 1.80 bits per heavy atom. The predicted octanol–water partition coefficient (Wildman–Crippen LogP) is 2.98. The van der Waals surface area contributed by atoms with E-state index in [1.165, 1.54) is 12.1 Å². The first kappa shape index (κ1) is 13.9. The molecule has 0 aliphatic carbocycles. The maximum absolute atomic E-state index is 11.9. The van der Waals surface area contributed by atoms with Crippen LogP contribution in [0.3, 0.4) is 0 Å². The molecule has 0 bridgehead atoms. The average Bonchev–Trinajstić information content (AvgIpc) is 2.40. The van der Waals surface area contributed by atoms with Crippen molar-refractivity contribution < 1.29 is 19.7 Å². The molecule has 0 radical (unpaired) electrons. The summed E-state index contributed by atoms with van der Waals surface area (Å²) in [6.07, 6.45) is 0. The molecule has 0 aromatic heterocycles. The normalized spacial score (nSPS) is 10.3. The summed E-state index contributed by atoms with van der Waals surface area (Å²) in [6.45, 7) is 3.80. The Kier molecular flexibility index (Phi) is 3.94. The summed E-state index contributed by atoms with van der Waals surface area (Å²) in [4.78, 5) is 11.9. The van der Waals surface area contributed by atoms with E-state index in [0.717, 1.165) is 17.2 Å². The molecule has 0 amide bonds. The molecule has 2 rings (SSSR count). The van der Waals surface area contributed by atoms with E-state index in [0.29, 0.717) is 5.75 Å². The SMILES string of the molecule is Cc1ccc(OCC(=O)c2ccc(O)cc2O)cc1C. The van der Waals surface area contributed by atoms with Crippen molar-refractivity contribution in [1.29, 1.82) is 0 Å². The molecule has 0 unspecified atom stereocenters. The fraction of sp³-hybridized carbons (Fsp3) is 0.188. The lowest BCUT2D eigenvalue weighted by Gasteiger charge is -2.08. The van der Waals surface area contributed by atoms with Crippen LogP contribution in [-0.4, -0.2) is 22.6 Å². The van der Waals surface area contributed by atoms with Crippen LogP contribution in [0.25, 0.3) is 0 Å². The van der Waals surface area contributed by atoms with Gasteiger partial charge in [0.05, 0.1) is 5.56 Å². The van der Waals surface area contributed by atoms with E-state index in [-0.39, 0.29) is 29.5 Å². The number of phenols is 2. The highest BCUT2D eigenvalue weighted by molar-refractivity contribution is 5.99. The van der Waals surface area contributed by atoms with Crippen LogP contribution >= 0.6 is 0 Å². The van der Waals surface area contributed by atoms with Gasteiger partial charge in [-0.2, -0.15) is 0 Å². The van der Waals surface area contributed by atoms with Gasteiger partial charge >= 0.3 is 0 Å². The van der Waals surface area contributed by atoms with Crippen molar-refractivity contribution in [3.05, 3.63) is 53.1 Å². The van der Waals surface area contributed by atoms with Crippen LogP contribution in [0.5, 0.6) is 17.2 Å². The minimum atomic E-state index is -0.347. The molecule has 2 aromatic rings. The molecule has 0 aliphatic rings. The third kappa shape index (κ3) is 3.09. The maximum Gasteiger partial charge on any atom is 0.203 e. The minimum Gasteiger partial charge on any atom is -0.508 e.